The second kappa shape index (κ2) is 6.21. The van der Waals surface area contributed by atoms with Gasteiger partial charge in [0.2, 0.25) is 0 Å². The Kier molecular flexibility index (Phi) is 5.43. The van der Waals surface area contributed by atoms with Gasteiger partial charge in [0.25, 0.3) is 0 Å². The standard InChI is InChI=1S/C12H23F3N2O/c1-2-17(9-12(13,14)15)7-5-10-4-3-6-11(10,18)8-16/h10,18H,2-9,16H2,1H3. The number of hydrogen-bond acceptors (Lipinski definition) is 3. The first-order valence-corrected chi connectivity index (χ1v) is 6.52. The summed E-state index contributed by atoms with van der Waals surface area (Å²) in [6.45, 7) is 1.77. The van der Waals surface area contributed by atoms with Crippen LogP contribution in [0.1, 0.15) is 32.6 Å². The molecule has 1 fully saturated rings. The quantitative estimate of drug-likeness (QED) is 0.771. The molecule has 0 aliphatic heterocycles. The van der Waals surface area contributed by atoms with Crippen molar-refractivity contribution in [2.45, 2.75) is 44.4 Å². The number of nitrogens with zero attached hydrogens (tertiary/aromatic N) is 1. The molecule has 1 aliphatic rings. The molecule has 0 aromatic heterocycles. The molecule has 0 amide bonds. The minimum absolute atomic E-state index is 0.0322. The van der Waals surface area contributed by atoms with E-state index in [0.29, 0.717) is 25.9 Å². The molecule has 0 radical (unpaired) electrons. The van der Waals surface area contributed by atoms with Crippen molar-refractivity contribution in [3.05, 3.63) is 0 Å². The van der Waals surface area contributed by atoms with Crippen LogP contribution >= 0.6 is 0 Å². The summed E-state index contributed by atoms with van der Waals surface area (Å²) in [4.78, 5) is 1.37. The van der Waals surface area contributed by atoms with Gasteiger partial charge >= 0.3 is 6.18 Å². The summed E-state index contributed by atoms with van der Waals surface area (Å²) in [5.41, 5.74) is 4.69. The molecule has 1 saturated carbocycles. The van der Waals surface area contributed by atoms with Crippen molar-refractivity contribution in [2.24, 2.45) is 11.7 Å². The van der Waals surface area contributed by atoms with Gasteiger partial charge in [-0.05, 0) is 38.3 Å². The molecule has 3 N–H and O–H groups in total. The van der Waals surface area contributed by atoms with Crippen molar-refractivity contribution in [3.63, 3.8) is 0 Å². The number of hydrogen-bond donors (Lipinski definition) is 2. The van der Waals surface area contributed by atoms with Crippen LogP contribution in [0.4, 0.5) is 13.2 Å². The molecule has 1 rings (SSSR count). The number of alkyl halides is 3. The topological polar surface area (TPSA) is 49.5 Å². The zero-order valence-corrected chi connectivity index (χ0v) is 10.8. The zero-order chi connectivity index (χ0) is 13.8. The summed E-state index contributed by atoms with van der Waals surface area (Å²) in [6.07, 6.45) is -1.14. The van der Waals surface area contributed by atoms with Crippen molar-refractivity contribution in [2.75, 3.05) is 26.2 Å². The van der Waals surface area contributed by atoms with E-state index in [1.54, 1.807) is 6.92 Å². The highest BCUT2D eigenvalue weighted by Crippen LogP contribution is 2.37. The van der Waals surface area contributed by atoms with E-state index >= 15 is 0 Å². The van der Waals surface area contributed by atoms with E-state index in [4.69, 9.17) is 5.73 Å². The predicted molar refractivity (Wildman–Crippen MR) is 64.1 cm³/mol. The van der Waals surface area contributed by atoms with Crippen LogP contribution in [0, 0.1) is 5.92 Å². The van der Waals surface area contributed by atoms with E-state index in [-0.39, 0.29) is 12.5 Å². The Balaban J connectivity index is 2.43. The van der Waals surface area contributed by atoms with E-state index in [1.807, 2.05) is 0 Å². The van der Waals surface area contributed by atoms with Gasteiger partial charge in [0.15, 0.2) is 0 Å². The maximum atomic E-state index is 12.3. The first-order chi connectivity index (χ1) is 8.30. The minimum atomic E-state index is -4.16. The van der Waals surface area contributed by atoms with Crippen LogP contribution in [0.3, 0.4) is 0 Å². The fraction of sp³-hybridized carbons (Fsp3) is 1.00. The second-order valence-corrected chi connectivity index (χ2v) is 5.17. The molecule has 3 nitrogen and oxygen atoms in total. The van der Waals surface area contributed by atoms with Crippen molar-refractivity contribution in [3.8, 4) is 0 Å². The summed E-state index contributed by atoms with van der Waals surface area (Å²) >= 11 is 0. The first kappa shape index (κ1) is 15.7. The SMILES string of the molecule is CCN(CCC1CCCC1(O)CN)CC(F)(F)F. The van der Waals surface area contributed by atoms with Gasteiger partial charge in [-0.15, -0.1) is 0 Å². The number of rotatable bonds is 6. The fourth-order valence-corrected chi connectivity index (χ4v) is 2.75. The summed E-state index contributed by atoms with van der Waals surface area (Å²) in [6, 6.07) is 0. The van der Waals surface area contributed by atoms with Crippen molar-refractivity contribution in [1.29, 1.82) is 0 Å². The van der Waals surface area contributed by atoms with Crippen LogP contribution in [-0.2, 0) is 0 Å². The normalized spacial score (nSPS) is 29.2. The molecule has 1 aliphatic carbocycles. The molecule has 0 bridgehead atoms. The van der Waals surface area contributed by atoms with Crippen LogP contribution in [0.5, 0.6) is 0 Å². The van der Waals surface area contributed by atoms with Crippen LogP contribution < -0.4 is 5.73 Å². The first-order valence-electron chi connectivity index (χ1n) is 6.52. The van der Waals surface area contributed by atoms with E-state index < -0.39 is 18.3 Å². The van der Waals surface area contributed by atoms with E-state index in [9.17, 15) is 18.3 Å². The molecule has 0 spiro atoms. The smallest absolute Gasteiger partial charge is 0.388 e. The Hall–Kier alpha value is -0.330. The lowest BCUT2D eigenvalue weighted by molar-refractivity contribution is -0.146. The predicted octanol–water partition coefficient (Wildman–Crippen LogP) is 1.75. The highest BCUT2D eigenvalue weighted by molar-refractivity contribution is 4.93. The largest absolute Gasteiger partial charge is 0.401 e. The molecular formula is C12H23F3N2O. The summed E-state index contributed by atoms with van der Waals surface area (Å²) < 4.78 is 36.9. The highest BCUT2D eigenvalue weighted by atomic mass is 19.4. The Morgan fingerprint density at radius 1 is 1.44 bits per heavy atom. The third-order valence-corrected chi connectivity index (χ3v) is 3.92. The molecule has 0 heterocycles. The molecule has 0 aromatic rings. The monoisotopic (exact) mass is 268 g/mol. The molecule has 0 aromatic carbocycles. The number of halogens is 3. The third kappa shape index (κ3) is 4.40. The molecule has 0 saturated heterocycles. The van der Waals surface area contributed by atoms with E-state index in [0.717, 1.165) is 12.8 Å². The van der Waals surface area contributed by atoms with Crippen LogP contribution in [0.25, 0.3) is 0 Å². The minimum Gasteiger partial charge on any atom is -0.388 e. The summed E-state index contributed by atoms with van der Waals surface area (Å²) in [5.74, 6) is 0.0322. The van der Waals surface area contributed by atoms with Gasteiger partial charge in [-0.1, -0.05) is 13.3 Å². The molecule has 18 heavy (non-hydrogen) atoms. The van der Waals surface area contributed by atoms with Crippen LogP contribution in [0.2, 0.25) is 0 Å². The third-order valence-electron chi connectivity index (χ3n) is 3.92. The molecule has 2 unspecified atom stereocenters. The maximum Gasteiger partial charge on any atom is 0.401 e. The maximum absolute atomic E-state index is 12.3. The lowest BCUT2D eigenvalue weighted by Crippen LogP contribution is -2.43. The van der Waals surface area contributed by atoms with Gasteiger partial charge in [0, 0.05) is 6.54 Å². The fourth-order valence-electron chi connectivity index (χ4n) is 2.75. The lowest BCUT2D eigenvalue weighted by Gasteiger charge is -2.31. The van der Waals surface area contributed by atoms with Gasteiger partial charge in [-0.2, -0.15) is 13.2 Å². The zero-order valence-electron chi connectivity index (χ0n) is 10.8. The number of nitrogens with two attached hydrogens (primary N) is 1. The Morgan fingerprint density at radius 2 is 2.11 bits per heavy atom. The van der Waals surface area contributed by atoms with E-state index in [2.05, 4.69) is 0 Å². The van der Waals surface area contributed by atoms with Crippen molar-refractivity contribution >= 4 is 0 Å². The molecule has 2 atom stereocenters. The van der Waals surface area contributed by atoms with E-state index in [1.165, 1.54) is 4.90 Å². The van der Waals surface area contributed by atoms with Gasteiger partial charge in [0.05, 0.1) is 12.1 Å². The van der Waals surface area contributed by atoms with Gasteiger partial charge in [-0.25, -0.2) is 0 Å². The van der Waals surface area contributed by atoms with Gasteiger partial charge in [0.1, 0.15) is 0 Å². The average molecular weight is 268 g/mol. The second-order valence-electron chi connectivity index (χ2n) is 5.17. The van der Waals surface area contributed by atoms with Gasteiger partial charge in [-0.3, -0.25) is 4.90 Å². The average Bonchev–Trinajstić information content (AvgIpc) is 2.65. The Bertz CT molecular complexity index is 260. The Labute approximate surface area is 106 Å². The summed E-state index contributed by atoms with van der Waals surface area (Å²) in [7, 11) is 0. The van der Waals surface area contributed by atoms with Gasteiger partial charge < -0.3 is 10.8 Å². The molecule has 108 valence electrons. The summed E-state index contributed by atoms with van der Waals surface area (Å²) in [5, 5.41) is 10.2. The van der Waals surface area contributed by atoms with Crippen LogP contribution in [0.15, 0.2) is 0 Å². The number of aliphatic hydroxyl groups is 1. The molecule has 6 heteroatoms. The highest BCUT2D eigenvalue weighted by Gasteiger charge is 2.40. The van der Waals surface area contributed by atoms with Crippen LogP contribution in [-0.4, -0.2) is 48.0 Å². The van der Waals surface area contributed by atoms with Crippen molar-refractivity contribution in [1.82, 2.24) is 4.90 Å². The van der Waals surface area contributed by atoms with Crippen molar-refractivity contribution < 1.29 is 18.3 Å². The lowest BCUT2D eigenvalue weighted by atomic mass is 9.88. The molecular weight excluding hydrogens is 245 g/mol. The Morgan fingerprint density at radius 3 is 2.61 bits per heavy atom.